The smallest absolute Gasteiger partial charge is 0.407 e. The van der Waals surface area contributed by atoms with Gasteiger partial charge in [-0.05, 0) is 48.0 Å². The van der Waals surface area contributed by atoms with Crippen LogP contribution in [-0.4, -0.2) is 34.1 Å². The van der Waals surface area contributed by atoms with Crippen molar-refractivity contribution in [1.82, 2.24) is 20.4 Å². The van der Waals surface area contributed by atoms with Crippen LogP contribution in [0.25, 0.3) is 0 Å². The van der Waals surface area contributed by atoms with Gasteiger partial charge in [0, 0.05) is 36.9 Å². The Labute approximate surface area is 140 Å². The fourth-order valence-electron chi connectivity index (χ4n) is 2.70. The number of aromatic nitrogens is 2. The average molecular weight is 324 g/mol. The molecule has 2 atom stereocenters. The van der Waals surface area contributed by atoms with Crippen LogP contribution >= 0.6 is 0 Å². The number of carbonyl (C=O) groups is 1. The molecule has 2 N–H and O–H groups in total. The topological polar surface area (TPSA) is 68.2 Å². The summed E-state index contributed by atoms with van der Waals surface area (Å²) in [4.78, 5) is 11.8. The Bertz CT molecular complexity index is 531. The molecule has 0 saturated carbocycles. The molecule has 6 nitrogen and oxygen atoms in total. The lowest BCUT2D eigenvalue weighted by atomic mass is 10.0. The maximum Gasteiger partial charge on any atom is 0.407 e. The van der Waals surface area contributed by atoms with Crippen molar-refractivity contribution in [1.29, 1.82) is 0 Å². The highest BCUT2D eigenvalue weighted by atomic mass is 16.6. The Morgan fingerprint density at radius 1 is 1.35 bits per heavy atom. The number of nitrogens with one attached hydrogen (secondary N) is 2. The van der Waals surface area contributed by atoms with Crippen LogP contribution in [0.15, 0.2) is 0 Å². The monoisotopic (exact) mass is 324 g/mol. The van der Waals surface area contributed by atoms with E-state index in [0.29, 0.717) is 6.54 Å². The van der Waals surface area contributed by atoms with Gasteiger partial charge in [0.05, 0.1) is 5.69 Å². The number of carbonyl (C=O) groups excluding carboxylic acids is 1. The summed E-state index contributed by atoms with van der Waals surface area (Å²) in [7, 11) is 1.96. The molecule has 1 aromatic heterocycles. The van der Waals surface area contributed by atoms with Crippen LogP contribution in [0, 0.1) is 13.8 Å². The van der Waals surface area contributed by atoms with Crippen molar-refractivity contribution in [3.05, 3.63) is 17.0 Å². The molecule has 0 radical (unpaired) electrons. The van der Waals surface area contributed by atoms with E-state index >= 15 is 0 Å². The number of ether oxygens (including phenoxy) is 1. The van der Waals surface area contributed by atoms with E-state index in [2.05, 4.69) is 36.5 Å². The minimum Gasteiger partial charge on any atom is -0.444 e. The van der Waals surface area contributed by atoms with Crippen LogP contribution in [0.2, 0.25) is 0 Å². The Morgan fingerprint density at radius 3 is 2.39 bits per heavy atom. The second kappa shape index (κ2) is 7.81. The van der Waals surface area contributed by atoms with Gasteiger partial charge in [0.2, 0.25) is 0 Å². The lowest BCUT2D eigenvalue weighted by Crippen LogP contribution is -2.43. The van der Waals surface area contributed by atoms with Crippen molar-refractivity contribution >= 4 is 6.09 Å². The Morgan fingerprint density at radius 2 is 1.96 bits per heavy atom. The van der Waals surface area contributed by atoms with Gasteiger partial charge in [-0.1, -0.05) is 6.92 Å². The number of nitrogens with zero attached hydrogens (tertiary/aromatic N) is 2. The highest BCUT2D eigenvalue weighted by molar-refractivity contribution is 5.67. The third-order valence-corrected chi connectivity index (χ3v) is 3.87. The molecule has 1 rings (SSSR count). The van der Waals surface area contributed by atoms with E-state index < -0.39 is 5.60 Å². The van der Waals surface area contributed by atoms with Crippen LogP contribution in [0.1, 0.15) is 64.0 Å². The van der Waals surface area contributed by atoms with E-state index in [4.69, 9.17) is 4.74 Å². The number of amides is 1. The summed E-state index contributed by atoms with van der Waals surface area (Å²) in [5.74, 6) is 0. The van der Waals surface area contributed by atoms with Gasteiger partial charge in [0.15, 0.2) is 0 Å². The zero-order chi connectivity index (χ0) is 17.8. The van der Waals surface area contributed by atoms with Crippen LogP contribution < -0.4 is 10.6 Å². The van der Waals surface area contributed by atoms with E-state index in [9.17, 15) is 4.79 Å². The van der Waals surface area contributed by atoms with E-state index in [-0.39, 0.29) is 18.2 Å². The van der Waals surface area contributed by atoms with Gasteiger partial charge in [-0.25, -0.2) is 4.79 Å². The fourth-order valence-corrected chi connectivity index (χ4v) is 2.70. The summed E-state index contributed by atoms with van der Waals surface area (Å²) in [5, 5.41) is 10.9. The van der Waals surface area contributed by atoms with Crippen molar-refractivity contribution in [3.8, 4) is 0 Å². The molecule has 2 unspecified atom stereocenters. The maximum atomic E-state index is 11.8. The first-order valence-corrected chi connectivity index (χ1v) is 8.28. The van der Waals surface area contributed by atoms with E-state index in [1.807, 2.05) is 39.4 Å². The van der Waals surface area contributed by atoms with Crippen LogP contribution in [0.5, 0.6) is 0 Å². The quantitative estimate of drug-likeness (QED) is 0.844. The van der Waals surface area contributed by atoms with Crippen molar-refractivity contribution in [3.63, 3.8) is 0 Å². The Balaban J connectivity index is 2.61. The molecule has 23 heavy (non-hydrogen) atoms. The first-order chi connectivity index (χ1) is 10.5. The normalized spacial score (nSPS) is 14.4. The summed E-state index contributed by atoms with van der Waals surface area (Å²) in [6, 6.07) is 0.352. The first-order valence-electron chi connectivity index (χ1n) is 8.28. The second-order valence-electron chi connectivity index (χ2n) is 7.08. The Hall–Kier alpha value is -1.56. The lowest BCUT2D eigenvalue weighted by molar-refractivity contribution is 0.0521. The molecule has 1 amide bonds. The van der Waals surface area contributed by atoms with Gasteiger partial charge >= 0.3 is 6.09 Å². The van der Waals surface area contributed by atoms with Gasteiger partial charge in [-0.15, -0.1) is 0 Å². The summed E-state index contributed by atoms with van der Waals surface area (Å²) >= 11 is 0. The predicted octanol–water partition coefficient (Wildman–Crippen LogP) is 2.99. The third kappa shape index (κ3) is 5.86. The molecule has 6 heteroatoms. The fraction of sp³-hybridized carbons (Fsp3) is 0.765. The molecule has 1 aromatic rings. The molecule has 0 fully saturated rings. The summed E-state index contributed by atoms with van der Waals surface area (Å²) in [5.41, 5.74) is 2.96. The van der Waals surface area contributed by atoms with Gasteiger partial charge in [0.25, 0.3) is 0 Å². The van der Waals surface area contributed by atoms with Crippen molar-refractivity contribution in [2.24, 2.45) is 7.05 Å². The molecule has 0 aliphatic rings. The summed E-state index contributed by atoms with van der Waals surface area (Å²) in [6.45, 7) is 14.5. The van der Waals surface area contributed by atoms with Crippen molar-refractivity contribution in [2.45, 2.75) is 72.6 Å². The Kier molecular flexibility index (Phi) is 6.62. The molecular weight excluding hydrogens is 292 g/mol. The van der Waals surface area contributed by atoms with E-state index in [1.54, 1.807) is 0 Å². The minimum absolute atomic E-state index is 0.175. The summed E-state index contributed by atoms with van der Waals surface area (Å²) < 4.78 is 7.18. The van der Waals surface area contributed by atoms with Gasteiger partial charge in [-0.3, -0.25) is 4.68 Å². The van der Waals surface area contributed by atoms with E-state index in [1.165, 1.54) is 5.56 Å². The molecule has 1 heterocycles. The average Bonchev–Trinajstić information content (AvgIpc) is 2.66. The number of hydrogen-bond acceptors (Lipinski definition) is 4. The van der Waals surface area contributed by atoms with Crippen LogP contribution in [0.3, 0.4) is 0 Å². The molecule has 0 spiro atoms. The highest BCUT2D eigenvalue weighted by Crippen LogP contribution is 2.21. The van der Waals surface area contributed by atoms with Crippen molar-refractivity contribution in [2.75, 3.05) is 6.54 Å². The predicted molar refractivity (Wildman–Crippen MR) is 92.5 cm³/mol. The standard InChI is InChI=1S/C17H32N4O2/c1-9-14(10-18-16(22)23-17(5,6)7)19-11(2)15-12(3)20-21(8)13(15)4/h11,14,19H,9-10H2,1-8H3,(H,18,22). The van der Waals surface area contributed by atoms with Gasteiger partial charge in [-0.2, -0.15) is 5.10 Å². The molecule has 0 saturated heterocycles. The minimum atomic E-state index is -0.476. The van der Waals surface area contributed by atoms with Crippen LogP contribution in [-0.2, 0) is 11.8 Å². The lowest BCUT2D eigenvalue weighted by Gasteiger charge is -2.25. The molecule has 0 aliphatic heterocycles. The van der Waals surface area contributed by atoms with Gasteiger partial charge < -0.3 is 15.4 Å². The zero-order valence-corrected chi connectivity index (χ0v) is 15.8. The van der Waals surface area contributed by atoms with E-state index in [0.717, 1.165) is 17.8 Å². The molecule has 0 bridgehead atoms. The maximum absolute atomic E-state index is 11.8. The number of alkyl carbamates (subject to hydrolysis) is 1. The summed E-state index contributed by atoms with van der Waals surface area (Å²) in [6.07, 6.45) is 0.539. The van der Waals surface area contributed by atoms with Crippen molar-refractivity contribution < 1.29 is 9.53 Å². The molecule has 0 aromatic carbocycles. The molecule has 0 aliphatic carbocycles. The molecular formula is C17H32N4O2. The number of aryl methyl sites for hydroxylation is 2. The first kappa shape index (κ1) is 19.5. The zero-order valence-electron chi connectivity index (χ0n) is 15.8. The van der Waals surface area contributed by atoms with Gasteiger partial charge in [0.1, 0.15) is 5.60 Å². The largest absolute Gasteiger partial charge is 0.444 e. The SMILES string of the molecule is CCC(CNC(=O)OC(C)(C)C)NC(C)c1c(C)nn(C)c1C. The highest BCUT2D eigenvalue weighted by Gasteiger charge is 2.20. The second-order valence-corrected chi connectivity index (χ2v) is 7.08. The number of rotatable bonds is 6. The molecule has 132 valence electrons. The number of hydrogen-bond donors (Lipinski definition) is 2. The third-order valence-electron chi connectivity index (χ3n) is 3.87. The van der Waals surface area contributed by atoms with Crippen LogP contribution in [0.4, 0.5) is 4.79 Å².